The number of benzene rings is 2. The van der Waals surface area contributed by atoms with E-state index in [2.05, 4.69) is 10.6 Å². The average molecular weight is 437 g/mol. The summed E-state index contributed by atoms with van der Waals surface area (Å²) in [5.41, 5.74) is 3.48. The number of aliphatic carboxylic acids is 1. The molecule has 0 saturated carbocycles. The maximum absolute atomic E-state index is 13.2. The SMILES string of the molecule is CCC1=C(C(=O)NCC=Cc2ccccc2)C(c2cccc(Cl)c2)C(C(=O)O)=C(C)N1. The fourth-order valence-electron chi connectivity index (χ4n) is 3.75. The van der Waals surface area contributed by atoms with Crippen LogP contribution in [-0.2, 0) is 9.59 Å². The Balaban J connectivity index is 1.92. The quantitative estimate of drug-likeness (QED) is 0.578. The van der Waals surface area contributed by atoms with Crippen LogP contribution in [0.15, 0.2) is 83.2 Å². The van der Waals surface area contributed by atoms with Gasteiger partial charge in [-0.15, -0.1) is 0 Å². The molecule has 1 aliphatic heterocycles. The summed E-state index contributed by atoms with van der Waals surface area (Å²) in [5, 5.41) is 16.4. The number of halogens is 1. The number of carbonyl (C=O) groups is 2. The Hall–Kier alpha value is -3.31. The number of carboxylic acid groups (broad SMARTS) is 1. The molecular weight excluding hydrogens is 412 g/mol. The zero-order chi connectivity index (χ0) is 22.4. The monoisotopic (exact) mass is 436 g/mol. The second kappa shape index (κ2) is 10.1. The van der Waals surface area contributed by atoms with E-state index in [9.17, 15) is 14.7 Å². The molecule has 1 unspecified atom stereocenters. The Morgan fingerprint density at radius 1 is 1.13 bits per heavy atom. The molecule has 5 nitrogen and oxygen atoms in total. The summed E-state index contributed by atoms with van der Waals surface area (Å²) in [6, 6.07) is 16.8. The molecule has 160 valence electrons. The molecular formula is C25H25ClN2O3. The summed E-state index contributed by atoms with van der Waals surface area (Å²) in [4.78, 5) is 25.3. The van der Waals surface area contributed by atoms with E-state index >= 15 is 0 Å². The third kappa shape index (κ3) is 5.25. The van der Waals surface area contributed by atoms with Crippen molar-refractivity contribution in [3.8, 4) is 0 Å². The van der Waals surface area contributed by atoms with E-state index in [-0.39, 0.29) is 11.5 Å². The van der Waals surface area contributed by atoms with Crippen molar-refractivity contribution < 1.29 is 14.7 Å². The van der Waals surface area contributed by atoms with Gasteiger partial charge in [-0.3, -0.25) is 4.79 Å². The van der Waals surface area contributed by atoms with E-state index in [1.807, 2.05) is 49.4 Å². The maximum Gasteiger partial charge on any atom is 0.334 e. The first-order valence-electron chi connectivity index (χ1n) is 10.1. The Morgan fingerprint density at radius 3 is 2.52 bits per heavy atom. The van der Waals surface area contributed by atoms with Gasteiger partial charge in [0.1, 0.15) is 0 Å². The molecule has 0 saturated heterocycles. The highest BCUT2D eigenvalue weighted by atomic mass is 35.5. The molecule has 1 heterocycles. The van der Waals surface area contributed by atoms with Crippen molar-refractivity contribution in [1.82, 2.24) is 10.6 Å². The Bertz CT molecular complexity index is 1070. The minimum Gasteiger partial charge on any atom is -0.478 e. The van der Waals surface area contributed by atoms with Gasteiger partial charge in [-0.25, -0.2) is 4.79 Å². The molecule has 1 aliphatic rings. The fourth-order valence-corrected chi connectivity index (χ4v) is 3.95. The van der Waals surface area contributed by atoms with Crippen molar-refractivity contribution in [1.29, 1.82) is 0 Å². The van der Waals surface area contributed by atoms with Gasteiger partial charge in [0, 0.05) is 28.5 Å². The number of hydrogen-bond donors (Lipinski definition) is 3. The largest absolute Gasteiger partial charge is 0.478 e. The van der Waals surface area contributed by atoms with Crippen LogP contribution >= 0.6 is 11.6 Å². The lowest BCUT2D eigenvalue weighted by Gasteiger charge is -2.31. The number of carbonyl (C=O) groups excluding carboxylic acids is 1. The second-order valence-corrected chi connectivity index (χ2v) is 7.66. The number of allylic oxidation sites excluding steroid dienone is 2. The van der Waals surface area contributed by atoms with Gasteiger partial charge in [-0.2, -0.15) is 0 Å². The Morgan fingerprint density at radius 2 is 1.87 bits per heavy atom. The summed E-state index contributed by atoms with van der Waals surface area (Å²) in [7, 11) is 0. The van der Waals surface area contributed by atoms with Crippen LogP contribution in [0.5, 0.6) is 0 Å². The van der Waals surface area contributed by atoms with Crippen LogP contribution in [0, 0.1) is 0 Å². The predicted octanol–water partition coefficient (Wildman–Crippen LogP) is 4.88. The van der Waals surface area contributed by atoms with Crippen molar-refractivity contribution in [2.45, 2.75) is 26.2 Å². The predicted molar refractivity (Wildman–Crippen MR) is 123 cm³/mol. The van der Waals surface area contributed by atoms with E-state index in [1.165, 1.54) is 0 Å². The van der Waals surface area contributed by atoms with Crippen LogP contribution in [0.3, 0.4) is 0 Å². The molecule has 0 aliphatic carbocycles. The van der Waals surface area contributed by atoms with Gasteiger partial charge in [-0.1, -0.05) is 73.1 Å². The Kier molecular flexibility index (Phi) is 7.32. The molecule has 0 fully saturated rings. The van der Waals surface area contributed by atoms with Crippen LogP contribution in [0.4, 0.5) is 0 Å². The molecule has 3 N–H and O–H groups in total. The molecule has 6 heteroatoms. The summed E-state index contributed by atoms with van der Waals surface area (Å²) in [6.45, 7) is 3.97. The fraction of sp³-hybridized carbons (Fsp3) is 0.200. The lowest BCUT2D eigenvalue weighted by molar-refractivity contribution is -0.133. The van der Waals surface area contributed by atoms with Crippen LogP contribution in [0.25, 0.3) is 6.08 Å². The lowest BCUT2D eigenvalue weighted by Crippen LogP contribution is -2.36. The number of dihydropyridines is 1. The number of nitrogens with one attached hydrogen (secondary N) is 2. The summed E-state index contributed by atoms with van der Waals surface area (Å²) < 4.78 is 0. The van der Waals surface area contributed by atoms with Gasteiger partial charge in [-0.05, 0) is 36.6 Å². The molecule has 0 bridgehead atoms. The first kappa shape index (κ1) is 22.4. The molecule has 1 amide bonds. The van der Waals surface area contributed by atoms with Gasteiger partial charge in [0.05, 0.1) is 11.5 Å². The first-order chi connectivity index (χ1) is 14.9. The highest BCUT2D eigenvalue weighted by Gasteiger charge is 2.36. The smallest absolute Gasteiger partial charge is 0.334 e. The van der Waals surface area contributed by atoms with Crippen molar-refractivity contribution in [3.63, 3.8) is 0 Å². The van der Waals surface area contributed by atoms with Crippen LogP contribution in [-0.4, -0.2) is 23.5 Å². The van der Waals surface area contributed by atoms with E-state index in [4.69, 9.17) is 11.6 Å². The molecule has 2 aromatic carbocycles. The highest BCUT2D eigenvalue weighted by molar-refractivity contribution is 6.30. The van der Waals surface area contributed by atoms with Gasteiger partial charge >= 0.3 is 5.97 Å². The molecule has 1 atom stereocenters. The molecule has 0 spiro atoms. The second-order valence-electron chi connectivity index (χ2n) is 7.23. The lowest BCUT2D eigenvalue weighted by atomic mass is 9.79. The molecule has 0 aromatic heterocycles. The summed E-state index contributed by atoms with van der Waals surface area (Å²) in [5.74, 6) is -2.09. The maximum atomic E-state index is 13.2. The molecule has 2 aromatic rings. The van der Waals surface area contributed by atoms with Gasteiger partial charge in [0.15, 0.2) is 0 Å². The topological polar surface area (TPSA) is 78.4 Å². The van der Waals surface area contributed by atoms with Gasteiger partial charge in [0.25, 0.3) is 0 Å². The molecule has 31 heavy (non-hydrogen) atoms. The van der Waals surface area contributed by atoms with Gasteiger partial charge < -0.3 is 15.7 Å². The zero-order valence-electron chi connectivity index (χ0n) is 17.5. The number of hydrogen-bond acceptors (Lipinski definition) is 3. The van der Waals surface area contributed by atoms with Crippen molar-refractivity contribution in [2.24, 2.45) is 0 Å². The first-order valence-corrected chi connectivity index (χ1v) is 10.5. The van der Waals surface area contributed by atoms with Crippen LogP contribution in [0.2, 0.25) is 5.02 Å². The number of carboxylic acids is 1. The minimum absolute atomic E-state index is 0.143. The van der Waals surface area contributed by atoms with E-state index in [1.54, 1.807) is 31.2 Å². The van der Waals surface area contributed by atoms with E-state index in [0.29, 0.717) is 40.5 Å². The number of amides is 1. The molecule has 0 radical (unpaired) electrons. The third-order valence-electron chi connectivity index (χ3n) is 5.15. The van der Waals surface area contributed by atoms with Crippen molar-refractivity contribution >= 4 is 29.6 Å². The normalized spacial score (nSPS) is 16.4. The number of rotatable bonds is 7. The minimum atomic E-state index is -1.07. The summed E-state index contributed by atoms with van der Waals surface area (Å²) in [6.07, 6.45) is 4.35. The van der Waals surface area contributed by atoms with Crippen LogP contribution in [0.1, 0.15) is 37.3 Å². The van der Waals surface area contributed by atoms with Crippen molar-refractivity contribution in [2.75, 3.05) is 6.54 Å². The van der Waals surface area contributed by atoms with Gasteiger partial charge in [0.2, 0.25) is 5.91 Å². The zero-order valence-corrected chi connectivity index (χ0v) is 18.2. The average Bonchev–Trinajstić information content (AvgIpc) is 2.76. The van der Waals surface area contributed by atoms with Crippen molar-refractivity contribution in [3.05, 3.63) is 99.4 Å². The highest BCUT2D eigenvalue weighted by Crippen LogP contribution is 2.39. The third-order valence-corrected chi connectivity index (χ3v) is 5.38. The standard InChI is InChI=1S/C25H25ClN2O3/c1-3-20-23(24(29)27-14-8-11-17-9-5-4-6-10-17)22(18-12-7-13-19(26)15-18)21(25(30)31)16(2)28-20/h4-13,15,22,28H,3,14H2,1-2H3,(H,27,29)(H,30,31). The summed E-state index contributed by atoms with van der Waals surface area (Å²) >= 11 is 6.18. The van der Waals surface area contributed by atoms with E-state index < -0.39 is 11.9 Å². The van der Waals surface area contributed by atoms with Crippen LogP contribution < -0.4 is 10.6 Å². The molecule has 3 rings (SSSR count). The van der Waals surface area contributed by atoms with E-state index in [0.717, 1.165) is 5.56 Å². The Labute approximate surface area is 187 Å².